The maximum atomic E-state index is 5.64. The van der Waals surface area contributed by atoms with Crippen molar-refractivity contribution in [2.45, 2.75) is 10.9 Å². The minimum atomic E-state index is 0.121. The molecule has 0 spiro atoms. The van der Waals surface area contributed by atoms with Crippen LogP contribution in [0.25, 0.3) is 0 Å². The van der Waals surface area contributed by atoms with Crippen LogP contribution in [0, 0.1) is 0 Å². The molecule has 0 heterocycles. The van der Waals surface area contributed by atoms with Gasteiger partial charge in [0.15, 0.2) is 0 Å². The zero-order valence-corrected chi connectivity index (χ0v) is 11.7. The number of rotatable bonds is 6. The minimum Gasteiger partial charge on any atom is -0.497 e. The van der Waals surface area contributed by atoms with Crippen molar-refractivity contribution in [2.75, 3.05) is 12.9 Å². The molecule has 19 heavy (non-hydrogen) atoms. The molecule has 3 N–H and O–H groups in total. The van der Waals surface area contributed by atoms with E-state index in [1.54, 1.807) is 18.9 Å². The lowest BCUT2D eigenvalue weighted by Crippen LogP contribution is -2.29. The van der Waals surface area contributed by atoms with Gasteiger partial charge in [0.05, 0.1) is 13.2 Å². The highest BCUT2D eigenvalue weighted by atomic mass is 32.2. The Labute approximate surface area is 118 Å². The van der Waals surface area contributed by atoms with Crippen molar-refractivity contribution in [1.29, 1.82) is 0 Å². The molecule has 100 valence electrons. The van der Waals surface area contributed by atoms with Gasteiger partial charge < -0.3 is 4.74 Å². The molecule has 2 aromatic rings. The maximum absolute atomic E-state index is 5.64. The Kier molecular flexibility index (Phi) is 5.27. The highest BCUT2D eigenvalue weighted by Crippen LogP contribution is 2.25. The molecular formula is C15H18N2OS. The van der Waals surface area contributed by atoms with Crippen LogP contribution in [0.15, 0.2) is 59.5 Å². The number of nitrogens with one attached hydrogen (secondary N) is 1. The number of hydrogen-bond donors (Lipinski definition) is 2. The van der Waals surface area contributed by atoms with Crippen LogP contribution in [0.1, 0.15) is 11.6 Å². The lowest BCUT2D eigenvalue weighted by molar-refractivity contribution is 0.414. The van der Waals surface area contributed by atoms with E-state index in [0.29, 0.717) is 0 Å². The molecule has 2 rings (SSSR count). The highest BCUT2D eigenvalue weighted by molar-refractivity contribution is 7.99. The van der Waals surface area contributed by atoms with Gasteiger partial charge in [-0.25, -0.2) is 0 Å². The topological polar surface area (TPSA) is 47.3 Å². The molecule has 4 heteroatoms. The molecule has 1 atom stereocenters. The number of nitrogens with two attached hydrogens (primary N) is 1. The Hall–Kier alpha value is -1.49. The SMILES string of the molecule is COc1ccc(C(CSc2ccccc2)NN)cc1. The molecular weight excluding hydrogens is 256 g/mol. The molecule has 0 saturated heterocycles. The molecule has 0 radical (unpaired) electrons. The summed E-state index contributed by atoms with van der Waals surface area (Å²) in [6.45, 7) is 0. The Balaban J connectivity index is 1.99. The van der Waals surface area contributed by atoms with Crippen molar-refractivity contribution in [3.8, 4) is 5.75 Å². The van der Waals surface area contributed by atoms with E-state index >= 15 is 0 Å². The summed E-state index contributed by atoms with van der Waals surface area (Å²) in [5.74, 6) is 7.38. The van der Waals surface area contributed by atoms with Gasteiger partial charge in [0.25, 0.3) is 0 Å². The van der Waals surface area contributed by atoms with Gasteiger partial charge in [-0.1, -0.05) is 30.3 Å². The lowest BCUT2D eigenvalue weighted by Gasteiger charge is -2.16. The zero-order valence-electron chi connectivity index (χ0n) is 10.9. The van der Waals surface area contributed by atoms with Gasteiger partial charge in [-0.2, -0.15) is 0 Å². The van der Waals surface area contributed by atoms with E-state index < -0.39 is 0 Å². The standard InChI is InChI=1S/C15H18N2OS/c1-18-13-9-7-12(8-10-13)15(17-16)11-19-14-5-3-2-4-6-14/h2-10,15,17H,11,16H2,1H3. The lowest BCUT2D eigenvalue weighted by atomic mass is 10.1. The molecule has 0 saturated carbocycles. The third-order valence-electron chi connectivity index (χ3n) is 2.88. The molecule has 0 amide bonds. The first-order valence-electron chi connectivity index (χ1n) is 6.11. The first-order valence-corrected chi connectivity index (χ1v) is 7.10. The van der Waals surface area contributed by atoms with Crippen LogP contribution in [0.3, 0.4) is 0 Å². The second-order valence-electron chi connectivity index (χ2n) is 4.12. The smallest absolute Gasteiger partial charge is 0.118 e. The largest absolute Gasteiger partial charge is 0.497 e. The summed E-state index contributed by atoms with van der Waals surface area (Å²) in [4.78, 5) is 1.25. The molecule has 3 nitrogen and oxygen atoms in total. The van der Waals surface area contributed by atoms with E-state index in [-0.39, 0.29) is 6.04 Å². The summed E-state index contributed by atoms with van der Waals surface area (Å²) in [6, 6.07) is 18.4. The molecule has 0 aliphatic rings. The fourth-order valence-corrected chi connectivity index (χ4v) is 2.77. The number of hydrogen-bond acceptors (Lipinski definition) is 4. The van der Waals surface area contributed by atoms with Gasteiger partial charge in [-0.05, 0) is 29.8 Å². The van der Waals surface area contributed by atoms with Gasteiger partial charge in [0.1, 0.15) is 5.75 Å². The van der Waals surface area contributed by atoms with Crippen LogP contribution in [-0.4, -0.2) is 12.9 Å². The molecule has 0 aromatic heterocycles. The van der Waals surface area contributed by atoms with Crippen LogP contribution in [0.2, 0.25) is 0 Å². The van der Waals surface area contributed by atoms with Crippen molar-refractivity contribution in [1.82, 2.24) is 5.43 Å². The summed E-state index contributed by atoms with van der Waals surface area (Å²) in [6.07, 6.45) is 0. The van der Waals surface area contributed by atoms with Crippen molar-refractivity contribution >= 4 is 11.8 Å². The third kappa shape index (κ3) is 3.99. The molecule has 2 aromatic carbocycles. The maximum Gasteiger partial charge on any atom is 0.118 e. The summed E-state index contributed by atoms with van der Waals surface area (Å²) in [5.41, 5.74) is 4.02. The van der Waals surface area contributed by atoms with E-state index in [4.69, 9.17) is 10.6 Å². The van der Waals surface area contributed by atoms with E-state index in [1.165, 1.54) is 4.90 Å². The van der Waals surface area contributed by atoms with Crippen LogP contribution in [0.5, 0.6) is 5.75 Å². The summed E-state index contributed by atoms with van der Waals surface area (Å²) >= 11 is 1.78. The van der Waals surface area contributed by atoms with Crippen LogP contribution >= 0.6 is 11.8 Å². The number of benzene rings is 2. The van der Waals surface area contributed by atoms with Gasteiger partial charge in [0.2, 0.25) is 0 Å². The third-order valence-corrected chi connectivity index (χ3v) is 3.98. The van der Waals surface area contributed by atoms with E-state index in [9.17, 15) is 0 Å². The fraction of sp³-hybridized carbons (Fsp3) is 0.200. The minimum absolute atomic E-state index is 0.121. The zero-order chi connectivity index (χ0) is 13.5. The second-order valence-corrected chi connectivity index (χ2v) is 5.21. The van der Waals surface area contributed by atoms with Gasteiger partial charge in [-0.3, -0.25) is 11.3 Å². The molecule has 1 unspecified atom stereocenters. The first kappa shape index (κ1) is 13.9. The van der Waals surface area contributed by atoms with Gasteiger partial charge in [-0.15, -0.1) is 11.8 Å². The average Bonchev–Trinajstić information content (AvgIpc) is 2.49. The molecule has 0 bridgehead atoms. The van der Waals surface area contributed by atoms with Crippen molar-refractivity contribution in [3.63, 3.8) is 0 Å². The van der Waals surface area contributed by atoms with E-state index in [0.717, 1.165) is 17.1 Å². The Morgan fingerprint density at radius 1 is 1.11 bits per heavy atom. The molecule has 0 aliphatic carbocycles. The van der Waals surface area contributed by atoms with Crippen LogP contribution in [0.4, 0.5) is 0 Å². The van der Waals surface area contributed by atoms with Crippen molar-refractivity contribution < 1.29 is 4.74 Å². The Bertz CT molecular complexity index is 487. The van der Waals surface area contributed by atoms with E-state index in [2.05, 4.69) is 17.6 Å². The number of hydrazine groups is 1. The molecule has 0 aliphatic heterocycles. The average molecular weight is 274 g/mol. The monoisotopic (exact) mass is 274 g/mol. The van der Waals surface area contributed by atoms with Gasteiger partial charge >= 0.3 is 0 Å². The fourth-order valence-electron chi connectivity index (χ4n) is 1.77. The van der Waals surface area contributed by atoms with Crippen molar-refractivity contribution in [3.05, 3.63) is 60.2 Å². The van der Waals surface area contributed by atoms with E-state index in [1.807, 2.05) is 42.5 Å². The predicted octanol–water partition coefficient (Wildman–Crippen LogP) is 2.99. The van der Waals surface area contributed by atoms with Gasteiger partial charge in [0, 0.05) is 10.6 Å². The molecule has 0 fully saturated rings. The summed E-state index contributed by atoms with van der Waals surface area (Å²) in [7, 11) is 1.67. The first-order chi connectivity index (χ1) is 9.33. The second kappa shape index (κ2) is 7.19. The van der Waals surface area contributed by atoms with Crippen molar-refractivity contribution in [2.24, 2.45) is 5.84 Å². The van der Waals surface area contributed by atoms with Crippen LogP contribution < -0.4 is 16.0 Å². The number of methoxy groups -OCH3 is 1. The Morgan fingerprint density at radius 3 is 2.37 bits per heavy atom. The normalized spacial score (nSPS) is 12.1. The predicted molar refractivity (Wildman–Crippen MR) is 80.2 cm³/mol. The Morgan fingerprint density at radius 2 is 1.79 bits per heavy atom. The number of thioether (sulfide) groups is 1. The van der Waals surface area contributed by atoms with Crippen LogP contribution in [-0.2, 0) is 0 Å². The highest BCUT2D eigenvalue weighted by Gasteiger charge is 2.10. The quantitative estimate of drug-likeness (QED) is 0.483. The summed E-state index contributed by atoms with van der Waals surface area (Å²) in [5, 5.41) is 0. The number of ether oxygens (including phenoxy) is 1. The summed E-state index contributed by atoms with van der Waals surface area (Å²) < 4.78 is 5.15.